The molecule has 2 aromatic rings. The van der Waals surface area contributed by atoms with Crippen molar-refractivity contribution < 1.29 is 19.1 Å². The van der Waals surface area contributed by atoms with Crippen molar-refractivity contribution >= 4 is 52.0 Å². The van der Waals surface area contributed by atoms with Crippen LogP contribution in [-0.4, -0.2) is 43.5 Å². The highest BCUT2D eigenvalue weighted by Gasteiger charge is 2.24. The minimum Gasteiger partial charge on any atom is -0.370 e. The van der Waals surface area contributed by atoms with Crippen molar-refractivity contribution in [3.05, 3.63) is 57.8 Å². The summed E-state index contributed by atoms with van der Waals surface area (Å²) >= 11 is 7.06. The first kappa shape index (κ1) is 23.0. The van der Waals surface area contributed by atoms with Crippen LogP contribution in [0.2, 0.25) is 4.34 Å². The highest BCUT2D eigenvalue weighted by molar-refractivity contribution is 7.18. The van der Waals surface area contributed by atoms with E-state index in [-0.39, 0.29) is 24.3 Å². The molecule has 0 spiro atoms. The summed E-state index contributed by atoms with van der Waals surface area (Å²) in [7, 11) is 0. The van der Waals surface area contributed by atoms with Gasteiger partial charge in [-0.2, -0.15) is 0 Å². The number of amides is 3. The molecule has 2 N–H and O–H groups in total. The Hall–Kier alpha value is -2.68. The smallest absolute Gasteiger partial charge is 0.262 e. The number of ether oxygens (including phenoxy) is 1. The minimum atomic E-state index is -0.729. The first-order chi connectivity index (χ1) is 14.9. The zero-order valence-electron chi connectivity index (χ0n) is 17.2. The van der Waals surface area contributed by atoms with Gasteiger partial charge in [-0.3, -0.25) is 14.4 Å². The molecule has 7 nitrogen and oxygen atoms in total. The van der Waals surface area contributed by atoms with Gasteiger partial charge >= 0.3 is 0 Å². The molecule has 1 atom stereocenters. The number of aryl methyl sites for hydroxylation is 1. The molecule has 3 rings (SSSR count). The number of benzene rings is 1. The van der Waals surface area contributed by atoms with E-state index in [9.17, 15) is 14.4 Å². The number of morpholine rings is 1. The van der Waals surface area contributed by atoms with Gasteiger partial charge in [-0.25, -0.2) is 0 Å². The maximum atomic E-state index is 12.9. The van der Waals surface area contributed by atoms with Crippen LogP contribution in [0.4, 0.5) is 11.4 Å². The predicted molar refractivity (Wildman–Crippen MR) is 123 cm³/mol. The normalized spacial score (nSPS) is 14.8. The van der Waals surface area contributed by atoms with E-state index >= 15 is 0 Å². The Morgan fingerprint density at radius 1 is 1.35 bits per heavy atom. The zero-order valence-corrected chi connectivity index (χ0v) is 18.7. The van der Waals surface area contributed by atoms with Crippen molar-refractivity contribution in [1.29, 1.82) is 0 Å². The highest BCUT2D eigenvalue weighted by atomic mass is 35.5. The Bertz CT molecular complexity index is 991. The number of thiophene rings is 1. The topological polar surface area (TPSA) is 87.7 Å². The van der Waals surface area contributed by atoms with Crippen LogP contribution in [0.15, 0.2) is 43.0 Å². The van der Waals surface area contributed by atoms with Crippen molar-refractivity contribution in [2.24, 2.45) is 0 Å². The van der Waals surface area contributed by atoms with Crippen LogP contribution < -0.4 is 15.5 Å². The van der Waals surface area contributed by atoms with Gasteiger partial charge in [0.05, 0.1) is 15.8 Å². The number of hydrogen-bond acceptors (Lipinski definition) is 5. The number of carbonyl (C=O) groups excluding carboxylic acids is 3. The van der Waals surface area contributed by atoms with E-state index in [0.717, 1.165) is 22.6 Å². The van der Waals surface area contributed by atoms with E-state index in [4.69, 9.17) is 16.3 Å². The van der Waals surface area contributed by atoms with E-state index in [1.165, 1.54) is 0 Å². The van der Waals surface area contributed by atoms with E-state index < -0.39 is 6.04 Å². The lowest BCUT2D eigenvalue weighted by Crippen LogP contribution is -2.43. The van der Waals surface area contributed by atoms with Gasteiger partial charge in [-0.15, -0.1) is 17.9 Å². The zero-order chi connectivity index (χ0) is 22.4. The fourth-order valence-electron chi connectivity index (χ4n) is 3.26. The monoisotopic (exact) mass is 461 g/mol. The molecule has 2 heterocycles. The fourth-order valence-corrected chi connectivity index (χ4v) is 4.20. The van der Waals surface area contributed by atoms with Crippen LogP contribution in [-0.2, 0) is 14.3 Å². The lowest BCUT2D eigenvalue weighted by molar-refractivity contribution is -0.125. The third-order valence-corrected chi connectivity index (χ3v) is 6.05. The number of halogens is 1. The lowest BCUT2D eigenvalue weighted by atomic mass is 10.1. The summed E-state index contributed by atoms with van der Waals surface area (Å²) < 4.78 is 5.68. The van der Waals surface area contributed by atoms with Gasteiger partial charge in [-0.1, -0.05) is 17.7 Å². The molecule has 9 heteroatoms. The van der Waals surface area contributed by atoms with Gasteiger partial charge in [0.15, 0.2) is 0 Å². The molecule has 3 amide bonds. The lowest BCUT2D eigenvalue weighted by Gasteiger charge is -2.28. The quantitative estimate of drug-likeness (QED) is 0.585. The van der Waals surface area contributed by atoms with Crippen molar-refractivity contribution in [1.82, 2.24) is 5.32 Å². The largest absolute Gasteiger partial charge is 0.370 e. The number of anilines is 2. The summed E-state index contributed by atoms with van der Waals surface area (Å²) in [4.78, 5) is 39.6. The summed E-state index contributed by atoms with van der Waals surface area (Å²) in [5.74, 6) is -0.766. The molecule has 1 aromatic carbocycles. The predicted octanol–water partition coefficient (Wildman–Crippen LogP) is 3.78. The molecule has 1 fully saturated rings. The van der Waals surface area contributed by atoms with Gasteiger partial charge in [0.1, 0.15) is 12.6 Å². The molecule has 0 bridgehead atoms. The molecule has 1 aliphatic heterocycles. The molecule has 1 saturated heterocycles. The summed E-state index contributed by atoms with van der Waals surface area (Å²) in [6.45, 7) is 6.62. The molecule has 1 unspecified atom stereocenters. The van der Waals surface area contributed by atoms with E-state index in [1.807, 2.05) is 6.92 Å². The minimum absolute atomic E-state index is 0.0675. The second kappa shape index (κ2) is 10.6. The fraction of sp³-hybridized carbons (Fsp3) is 0.318. The Morgan fingerprint density at radius 3 is 2.81 bits per heavy atom. The van der Waals surface area contributed by atoms with Crippen LogP contribution in [0.3, 0.4) is 0 Å². The number of rotatable bonds is 8. The van der Waals surface area contributed by atoms with Gasteiger partial charge in [0.2, 0.25) is 5.91 Å². The number of nitrogens with zero attached hydrogens (tertiary/aromatic N) is 1. The van der Waals surface area contributed by atoms with Crippen molar-refractivity contribution in [2.45, 2.75) is 25.8 Å². The Morgan fingerprint density at radius 2 is 2.16 bits per heavy atom. The summed E-state index contributed by atoms with van der Waals surface area (Å²) in [6, 6.07) is 7.89. The Labute approximate surface area is 190 Å². The van der Waals surface area contributed by atoms with E-state index in [2.05, 4.69) is 17.2 Å². The van der Waals surface area contributed by atoms with Crippen molar-refractivity contribution in [2.75, 3.05) is 30.0 Å². The SMILES string of the molecule is C=CCCC(NC(=O)c1ccc(Cl)s1)C(=O)Nc1ccc(N2CCOCC2=O)c(C)c1. The maximum absolute atomic E-state index is 12.9. The van der Waals surface area contributed by atoms with Crippen LogP contribution in [0.5, 0.6) is 0 Å². The Balaban J connectivity index is 1.70. The van der Waals surface area contributed by atoms with Crippen LogP contribution in [0.1, 0.15) is 28.1 Å². The first-order valence-corrected chi connectivity index (χ1v) is 11.0. The van der Waals surface area contributed by atoms with E-state index in [1.54, 1.807) is 41.3 Å². The number of hydrogen-bond donors (Lipinski definition) is 2. The summed E-state index contributed by atoms with van der Waals surface area (Å²) in [6.07, 6.45) is 2.69. The second-order valence-electron chi connectivity index (χ2n) is 7.08. The number of carbonyl (C=O) groups is 3. The maximum Gasteiger partial charge on any atom is 0.262 e. The van der Waals surface area contributed by atoms with Crippen molar-refractivity contribution in [3.63, 3.8) is 0 Å². The van der Waals surface area contributed by atoms with Gasteiger partial charge in [0.25, 0.3) is 11.8 Å². The first-order valence-electron chi connectivity index (χ1n) is 9.85. The molecule has 0 aliphatic carbocycles. The average Bonchev–Trinajstić information content (AvgIpc) is 3.18. The second-order valence-corrected chi connectivity index (χ2v) is 8.80. The summed E-state index contributed by atoms with van der Waals surface area (Å²) in [5, 5.41) is 5.63. The van der Waals surface area contributed by atoms with Gasteiger partial charge in [-0.05, 0) is 55.7 Å². The van der Waals surface area contributed by atoms with Gasteiger partial charge < -0.3 is 20.3 Å². The highest BCUT2D eigenvalue weighted by Crippen LogP contribution is 2.25. The standard InChI is InChI=1S/C22H24ClN3O4S/c1-3-4-5-16(25-22(29)18-8-9-19(23)31-18)21(28)24-15-6-7-17(14(2)12-15)26-10-11-30-13-20(26)27/h3,6-9,12,16H,1,4-5,10-11,13H2,2H3,(H,24,28)(H,25,29). The molecule has 1 aromatic heterocycles. The molecular weight excluding hydrogens is 438 g/mol. The summed E-state index contributed by atoms with van der Waals surface area (Å²) in [5.41, 5.74) is 2.23. The molecule has 164 valence electrons. The molecule has 0 saturated carbocycles. The van der Waals surface area contributed by atoms with Crippen LogP contribution in [0, 0.1) is 6.92 Å². The number of allylic oxidation sites excluding steroid dienone is 1. The third kappa shape index (κ3) is 5.94. The van der Waals surface area contributed by atoms with E-state index in [0.29, 0.717) is 40.9 Å². The molecular formula is C22H24ClN3O4S. The van der Waals surface area contributed by atoms with Crippen LogP contribution >= 0.6 is 22.9 Å². The molecule has 0 radical (unpaired) electrons. The van der Waals surface area contributed by atoms with Gasteiger partial charge in [0, 0.05) is 17.9 Å². The average molecular weight is 462 g/mol. The molecule has 31 heavy (non-hydrogen) atoms. The third-order valence-electron chi connectivity index (χ3n) is 4.82. The number of nitrogens with one attached hydrogen (secondary N) is 2. The Kier molecular flexibility index (Phi) is 7.84. The van der Waals surface area contributed by atoms with Crippen molar-refractivity contribution in [3.8, 4) is 0 Å². The van der Waals surface area contributed by atoms with Crippen LogP contribution in [0.25, 0.3) is 0 Å². The molecule has 1 aliphatic rings.